The molecule has 0 amide bonds. The Bertz CT molecular complexity index is 709. The third-order valence-corrected chi connectivity index (χ3v) is 4.74. The molecule has 2 aromatic rings. The van der Waals surface area contributed by atoms with E-state index in [-0.39, 0.29) is 6.04 Å². The first-order valence-corrected chi connectivity index (χ1v) is 8.28. The molecule has 1 N–H and O–H groups in total. The zero-order chi connectivity index (χ0) is 16.4. The van der Waals surface area contributed by atoms with Gasteiger partial charge in [0.2, 0.25) is 0 Å². The maximum Gasteiger partial charge on any atom is 0.161 e. The molecule has 122 valence electrons. The lowest BCUT2D eigenvalue weighted by Gasteiger charge is -2.30. The molecule has 0 spiro atoms. The number of hydrogen-bond donors (Lipinski definition) is 1. The molecule has 1 heterocycles. The standard InChI is InChI=1S/C20H25NO2/c1-5-23-19-12-17-15(11-18(19)22-4)9-10-21-20(17)16-8-6-7-13(2)14(16)3/h6-8,11-12,20-21H,5,9-10H2,1-4H3. The minimum absolute atomic E-state index is 0.212. The fraction of sp³-hybridized carbons (Fsp3) is 0.400. The van der Waals surface area contributed by atoms with Crippen LogP contribution in [0.3, 0.4) is 0 Å². The first-order chi connectivity index (χ1) is 11.2. The van der Waals surface area contributed by atoms with Gasteiger partial charge in [-0.15, -0.1) is 0 Å². The minimum atomic E-state index is 0.212. The lowest BCUT2D eigenvalue weighted by Crippen LogP contribution is -2.31. The van der Waals surface area contributed by atoms with Crippen LogP contribution in [0.5, 0.6) is 11.5 Å². The highest BCUT2D eigenvalue weighted by molar-refractivity contribution is 5.52. The van der Waals surface area contributed by atoms with Gasteiger partial charge in [0.25, 0.3) is 0 Å². The average Bonchev–Trinajstić information content (AvgIpc) is 2.57. The quantitative estimate of drug-likeness (QED) is 0.927. The molecule has 1 unspecified atom stereocenters. The molecule has 0 saturated carbocycles. The molecule has 1 aliphatic rings. The number of benzene rings is 2. The van der Waals surface area contributed by atoms with E-state index >= 15 is 0 Å². The van der Waals surface area contributed by atoms with Crippen molar-refractivity contribution in [2.45, 2.75) is 33.2 Å². The van der Waals surface area contributed by atoms with Crippen LogP contribution in [-0.2, 0) is 6.42 Å². The van der Waals surface area contributed by atoms with Gasteiger partial charge in [-0.3, -0.25) is 0 Å². The maximum atomic E-state index is 5.78. The summed E-state index contributed by atoms with van der Waals surface area (Å²) in [6, 6.07) is 11.0. The molecule has 1 atom stereocenters. The van der Waals surface area contributed by atoms with Gasteiger partial charge >= 0.3 is 0 Å². The fourth-order valence-corrected chi connectivity index (χ4v) is 3.36. The van der Waals surface area contributed by atoms with Crippen molar-refractivity contribution in [1.82, 2.24) is 5.32 Å². The Kier molecular flexibility index (Phi) is 4.58. The largest absolute Gasteiger partial charge is 0.493 e. The fourth-order valence-electron chi connectivity index (χ4n) is 3.36. The van der Waals surface area contributed by atoms with Gasteiger partial charge in [-0.2, -0.15) is 0 Å². The van der Waals surface area contributed by atoms with Crippen LogP contribution in [-0.4, -0.2) is 20.3 Å². The van der Waals surface area contributed by atoms with E-state index in [9.17, 15) is 0 Å². The first-order valence-electron chi connectivity index (χ1n) is 8.28. The van der Waals surface area contributed by atoms with E-state index in [1.165, 1.54) is 27.8 Å². The summed E-state index contributed by atoms with van der Waals surface area (Å²) in [7, 11) is 1.70. The third-order valence-electron chi connectivity index (χ3n) is 4.74. The van der Waals surface area contributed by atoms with Crippen molar-refractivity contribution in [2.24, 2.45) is 0 Å². The van der Waals surface area contributed by atoms with Crippen LogP contribution in [0.4, 0.5) is 0 Å². The molecule has 3 nitrogen and oxygen atoms in total. The Balaban J connectivity index is 2.11. The second kappa shape index (κ2) is 6.63. The number of nitrogens with one attached hydrogen (secondary N) is 1. The number of fused-ring (bicyclic) bond motifs is 1. The predicted molar refractivity (Wildman–Crippen MR) is 93.6 cm³/mol. The molecule has 0 aromatic heterocycles. The SMILES string of the molecule is CCOc1cc2c(cc1OC)CCNC2c1cccc(C)c1C. The smallest absolute Gasteiger partial charge is 0.161 e. The summed E-state index contributed by atoms with van der Waals surface area (Å²) in [6.45, 7) is 7.98. The van der Waals surface area contributed by atoms with Crippen LogP contribution >= 0.6 is 0 Å². The van der Waals surface area contributed by atoms with Crippen molar-refractivity contribution in [1.29, 1.82) is 0 Å². The van der Waals surface area contributed by atoms with Gasteiger partial charge < -0.3 is 14.8 Å². The number of hydrogen-bond acceptors (Lipinski definition) is 3. The Hall–Kier alpha value is -2.00. The van der Waals surface area contributed by atoms with E-state index in [1.54, 1.807) is 7.11 Å². The molecule has 0 bridgehead atoms. The average molecular weight is 311 g/mol. The monoisotopic (exact) mass is 311 g/mol. The van der Waals surface area contributed by atoms with Gasteiger partial charge in [0.05, 0.1) is 19.8 Å². The second-order valence-corrected chi connectivity index (χ2v) is 6.06. The lowest BCUT2D eigenvalue weighted by molar-refractivity contribution is 0.309. The van der Waals surface area contributed by atoms with E-state index in [1.807, 2.05) is 6.92 Å². The summed E-state index contributed by atoms with van der Waals surface area (Å²) in [5, 5.41) is 3.67. The van der Waals surface area contributed by atoms with E-state index in [2.05, 4.69) is 49.5 Å². The third kappa shape index (κ3) is 2.93. The number of methoxy groups -OCH3 is 1. The first kappa shape index (κ1) is 15.9. The maximum absolute atomic E-state index is 5.78. The minimum Gasteiger partial charge on any atom is -0.493 e. The van der Waals surface area contributed by atoms with Crippen molar-refractivity contribution < 1.29 is 9.47 Å². The van der Waals surface area contributed by atoms with E-state index in [0.717, 1.165) is 24.5 Å². The molecular weight excluding hydrogens is 286 g/mol. The van der Waals surface area contributed by atoms with Crippen LogP contribution < -0.4 is 14.8 Å². The molecule has 3 heteroatoms. The van der Waals surface area contributed by atoms with Crippen LogP contribution in [0.15, 0.2) is 30.3 Å². The topological polar surface area (TPSA) is 30.5 Å². The predicted octanol–water partition coefficient (Wildman–Crippen LogP) is 3.95. The highest BCUT2D eigenvalue weighted by Crippen LogP contribution is 2.38. The molecule has 1 aliphatic heterocycles. The summed E-state index contributed by atoms with van der Waals surface area (Å²) >= 11 is 0. The molecule has 0 fully saturated rings. The Labute approximate surface area is 138 Å². The van der Waals surface area contributed by atoms with E-state index < -0.39 is 0 Å². The highest BCUT2D eigenvalue weighted by atomic mass is 16.5. The Morgan fingerprint density at radius 2 is 1.96 bits per heavy atom. The molecule has 23 heavy (non-hydrogen) atoms. The summed E-state index contributed by atoms with van der Waals surface area (Å²) in [5.74, 6) is 1.65. The van der Waals surface area contributed by atoms with Crippen LogP contribution in [0, 0.1) is 13.8 Å². The highest BCUT2D eigenvalue weighted by Gasteiger charge is 2.25. The number of ether oxygens (including phenoxy) is 2. The number of aryl methyl sites for hydroxylation is 1. The molecule has 2 aromatic carbocycles. The normalized spacial score (nSPS) is 16.8. The number of rotatable bonds is 4. The van der Waals surface area contributed by atoms with Crippen LogP contribution in [0.2, 0.25) is 0 Å². The molecule has 0 saturated heterocycles. The summed E-state index contributed by atoms with van der Waals surface area (Å²) in [5.41, 5.74) is 6.67. The van der Waals surface area contributed by atoms with Crippen molar-refractivity contribution in [3.63, 3.8) is 0 Å². The summed E-state index contributed by atoms with van der Waals surface area (Å²) < 4.78 is 11.3. The van der Waals surface area contributed by atoms with E-state index in [0.29, 0.717) is 6.61 Å². The van der Waals surface area contributed by atoms with Crippen LogP contribution in [0.1, 0.15) is 40.8 Å². The molecule has 0 aliphatic carbocycles. The van der Waals surface area contributed by atoms with Crippen molar-refractivity contribution in [3.8, 4) is 11.5 Å². The van der Waals surface area contributed by atoms with Gasteiger partial charge in [0.1, 0.15) is 0 Å². The zero-order valence-corrected chi connectivity index (χ0v) is 14.4. The molecular formula is C20H25NO2. The summed E-state index contributed by atoms with van der Waals surface area (Å²) in [6.07, 6.45) is 1.01. The van der Waals surface area contributed by atoms with Crippen molar-refractivity contribution >= 4 is 0 Å². The van der Waals surface area contributed by atoms with Gasteiger partial charge in [0, 0.05) is 6.54 Å². The van der Waals surface area contributed by atoms with Crippen molar-refractivity contribution in [2.75, 3.05) is 20.3 Å². The second-order valence-electron chi connectivity index (χ2n) is 6.06. The zero-order valence-electron chi connectivity index (χ0n) is 14.4. The van der Waals surface area contributed by atoms with Gasteiger partial charge in [-0.1, -0.05) is 18.2 Å². The van der Waals surface area contributed by atoms with Gasteiger partial charge in [-0.25, -0.2) is 0 Å². The Morgan fingerprint density at radius 1 is 1.13 bits per heavy atom. The lowest BCUT2D eigenvalue weighted by atomic mass is 9.86. The van der Waals surface area contributed by atoms with Crippen molar-refractivity contribution in [3.05, 3.63) is 58.1 Å². The van der Waals surface area contributed by atoms with Crippen LogP contribution in [0.25, 0.3) is 0 Å². The van der Waals surface area contributed by atoms with Gasteiger partial charge in [0.15, 0.2) is 11.5 Å². The summed E-state index contributed by atoms with van der Waals surface area (Å²) in [4.78, 5) is 0. The van der Waals surface area contributed by atoms with Gasteiger partial charge in [-0.05, 0) is 67.1 Å². The Morgan fingerprint density at radius 3 is 2.70 bits per heavy atom. The molecule has 3 rings (SSSR count). The molecule has 0 radical (unpaired) electrons. The van der Waals surface area contributed by atoms with E-state index in [4.69, 9.17) is 9.47 Å².